The summed E-state index contributed by atoms with van der Waals surface area (Å²) in [6.45, 7) is 2.29. The van der Waals surface area contributed by atoms with E-state index in [0.717, 1.165) is 11.4 Å². The Morgan fingerprint density at radius 1 is 1.50 bits per heavy atom. The zero-order chi connectivity index (χ0) is 13.8. The lowest BCUT2D eigenvalue weighted by Crippen LogP contribution is -2.51. The van der Waals surface area contributed by atoms with Crippen LogP contribution in [0.5, 0.6) is 5.75 Å². The minimum atomic E-state index is -0.979. The fraction of sp³-hybridized carbons (Fsp3) is 0.462. The highest BCUT2D eigenvalue weighted by atomic mass is 16.5. The number of ether oxygens (including phenoxy) is 1. The molecule has 1 aromatic carbocycles. The maximum Gasteiger partial charge on any atom is 0.237 e. The largest absolute Gasteiger partial charge is 0.497 e. The molecule has 4 N–H and O–H groups in total. The van der Waals surface area contributed by atoms with E-state index in [-0.39, 0.29) is 0 Å². The average Bonchev–Trinajstić information content (AvgIpc) is 2.36. The summed E-state index contributed by atoms with van der Waals surface area (Å²) in [5.41, 5.74) is 11.1. The smallest absolute Gasteiger partial charge is 0.237 e. The van der Waals surface area contributed by atoms with Crippen molar-refractivity contribution >= 4 is 11.6 Å². The van der Waals surface area contributed by atoms with Crippen LogP contribution in [0, 0.1) is 0 Å². The van der Waals surface area contributed by atoms with Crippen molar-refractivity contribution in [1.29, 1.82) is 0 Å². The molecular weight excluding hydrogens is 230 g/mol. The molecule has 0 bridgehead atoms. The van der Waals surface area contributed by atoms with Crippen molar-refractivity contribution in [3.63, 3.8) is 0 Å². The Hall–Kier alpha value is -1.75. The number of hydrogen-bond donors (Lipinski definition) is 2. The van der Waals surface area contributed by atoms with E-state index in [1.807, 2.05) is 36.2 Å². The Morgan fingerprint density at radius 3 is 2.72 bits per heavy atom. The lowest BCUT2D eigenvalue weighted by molar-refractivity contribution is -0.122. The minimum absolute atomic E-state index is 0.485. The molecule has 1 atom stereocenters. The van der Waals surface area contributed by atoms with Crippen LogP contribution in [0.25, 0.3) is 0 Å². The first-order valence-electron chi connectivity index (χ1n) is 5.81. The molecule has 0 heterocycles. The number of benzene rings is 1. The third-order valence-electron chi connectivity index (χ3n) is 3.02. The first-order valence-corrected chi connectivity index (χ1v) is 5.81. The summed E-state index contributed by atoms with van der Waals surface area (Å²) in [5, 5.41) is 0. The molecule has 1 unspecified atom stereocenters. The molecule has 100 valence electrons. The molecule has 5 nitrogen and oxygen atoms in total. The number of anilines is 1. The summed E-state index contributed by atoms with van der Waals surface area (Å²) in [5.74, 6) is 0.311. The number of nitrogens with zero attached hydrogens (tertiary/aromatic N) is 1. The molecule has 0 aliphatic carbocycles. The van der Waals surface area contributed by atoms with Crippen LogP contribution in [0.15, 0.2) is 24.3 Å². The maximum atomic E-state index is 11.1. The first kappa shape index (κ1) is 14.3. The quantitative estimate of drug-likeness (QED) is 0.780. The van der Waals surface area contributed by atoms with Gasteiger partial charge in [0.2, 0.25) is 5.91 Å². The van der Waals surface area contributed by atoms with Crippen LogP contribution < -0.4 is 21.1 Å². The van der Waals surface area contributed by atoms with Crippen LogP contribution in [0.4, 0.5) is 5.69 Å². The Balaban J connectivity index is 2.65. The van der Waals surface area contributed by atoms with Crippen molar-refractivity contribution < 1.29 is 9.53 Å². The average molecular weight is 251 g/mol. The SMILES string of the molecule is COc1cccc(N(C)CCC(C)(N)C(N)=O)c1. The molecule has 0 aromatic heterocycles. The highest BCUT2D eigenvalue weighted by Crippen LogP contribution is 2.20. The van der Waals surface area contributed by atoms with E-state index in [4.69, 9.17) is 16.2 Å². The van der Waals surface area contributed by atoms with E-state index in [1.165, 1.54) is 0 Å². The van der Waals surface area contributed by atoms with Crippen molar-refractivity contribution in [3.8, 4) is 5.75 Å². The number of methoxy groups -OCH3 is 1. The first-order chi connectivity index (χ1) is 8.36. The van der Waals surface area contributed by atoms with Crippen LogP contribution in [0.3, 0.4) is 0 Å². The molecule has 0 saturated heterocycles. The predicted molar refractivity (Wildman–Crippen MR) is 72.7 cm³/mol. The summed E-state index contributed by atoms with van der Waals surface area (Å²) < 4.78 is 5.16. The van der Waals surface area contributed by atoms with E-state index >= 15 is 0 Å². The Kier molecular flexibility index (Phi) is 4.55. The summed E-state index contributed by atoms with van der Waals surface area (Å²) in [6, 6.07) is 7.70. The van der Waals surface area contributed by atoms with Gasteiger partial charge in [-0.2, -0.15) is 0 Å². The Morgan fingerprint density at radius 2 is 2.17 bits per heavy atom. The molecule has 18 heavy (non-hydrogen) atoms. The summed E-state index contributed by atoms with van der Waals surface area (Å²) >= 11 is 0. The van der Waals surface area contributed by atoms with Gasteiger partial charge in [-0.1, -0.05) is 6.07 Å². The van der Waals surface area contributed by atoms with Gasteiger partial charge in [0.05, 0.1) is 12.6 Å². The fourth-order valence-corrected chi connectivity index (χ4v) is 1.50. The molecule has 1 amide bonds. The van der Waals surface area contributed by atoms with Crippen LogP contribution in [-0.2, 0) is 4.79 Å². The second kappa shape index (κ2) is 5.73. The number of rotatable bonds is 6. The van der Waals surface area contributed by atoms with Gasteiger partial charge in [-0.15, -0.1) is 0 Å². The molecule has 1 aromatic rings. The monoisotopic (exact) mass is 251 g/mol. The third kappa shape index (κ3) is 3.63. The Bertz CT molecular complexity index is 418. The fourth-order valence-electron chi connectivity index (χ4n) is 1.50. The maximum absolute atomic E-state index is 11.1. The minimum Gasteiger partial charge on any atom is -0.497 e. The molecule has 0 spiro atoms. The topological polar surface area (TPSA) is 81.6 Å². The van der Waals surface area contributed by atoms with Crippen molar-refractivity contribution in [2.45, 2.75) is 18.9 Å². The van der Waals surface area contributed by atoms with Crippen LogP contribution in [0.1, 0.15) is 13.3 Å². The lowest BCUT2D eigenvalue weighted by Gasteiger charge is -2.26. The number of hydrogen-bond acceptors (Lipinski definition) is 4. The highest BCUT2D eigenvalue weighted by molar-refractivity contribution is 5.83. The van der Waals surface area contributed by atoms with Gasteiger partial charge in [-0.05, 0) is 25.5 Å². The second-order valence-corrected chi connectivity index (χ2v) is 4.65. The summed E-state index contributed by atoms with van der Waals surface area (Å²) in [6.07, 6.45) is 0.496. The molecule has 0 fully saturated rings. The van der Waals surface area contributed by atoms with Gasteiger partial charge in [0.25, 0.3) is 0 Å². The zero-order valence-electron chi connectivity index (χ0n) is 11.1. The number of carbonyl (C=O) groups is 1. The van der Waals surface area contributed by atoms with Crippen LogP contribution in [-0.4, -0.2) is 32.1 Å². The summed E-state index contributed by atoms with van der Waals surface area (Å²) in [4.78, 5) is 13.1. The van der Waals surface area contributed by atoms with E-state index < -0.39 is 11.4 Å². The standard InChI is InChI=1S/C13H21N3O2/c1-13(15,12(14)17)7-8-16(2)10-5-4-6-11(9-10)18-3/h4-6,9H,7-8,15H2,1-3H3,(H2,14,17). The molecule has 0 saturated carbocycles. The third-order valence-corrected chi connectivity index (χ3v) is 3.02. The highest BCUT2D eigenvalue weighted by Gasteiger charge is 2.25. The van der Waals surface area contributed by atoms with Gasteiger partial charge in [0.1, 0.15) is 5.75 Å². The number of amides is 1. The molecule has 0 aliphatic heterocycles. The zero-order valence-corrected chi connectivity index (χ0v) is 11.1. The van der Waals surface area contributed by atoms with Gasteiger partial charge in [-0.25, -0.2) is 0 Å². The van der Waals surface area contributed by atoms with Crippen molar-refractivity contribution in [1.82, 2.24) is 0 Å². The normalized spacial score (nSPS) is 13.8. The van der Waals surface area contributed by atoms with E-state index in [1.54, 1.807) is 14.0 Å². The van der Waals surface area contributed by atoms with E-state index in [2.05, 4.69) is 0 Å². The lowest BCUT2D eigenvalue weighted by atomic mass is 9.98. The van der Waals surface area contributed by atoms with Gasteiger partial charge >= 0.3 is 0 Å². The predicted octanol–water partition coefficient (Wildman–Crippen LogP) is 0.724. The van der Waals surface area contributed by atoms with Crippen LogP contribution >= 0.6 is 0 Å². The van der Waals surface area contributed by atoms with Gasteiger partial charge < -0.3 is 21.1 Å². The van der Waals surface area contributed by atoms with Gasteiger partial charge in [-0.3, -0.25) is 4.79 Å². The molecule has 5 heteroatoms. The Labute approximate surface area is 108 Å². The van der Waals surface area contributed by atoms with Crippen molar-refractivity contribution in [2.24, 2.45) is 11.5 Å². The van der Waals surface area contributed by atoms with E-state index in [0.29, 0.717) is 13.0 Å². The molecule has 0 radical (unpaired) electrons. The van der Waals surface area contributed by atoms with Crippen LogP contribution in [0.2, 0.25) is 0 Å². The second-order valence-electron chi connectivity index (χ2n) is 4.65. The van der Waals surface area contributed by atoms with E-state index in [9.17, 15) is 4.79 Å². The van der Waals surface area contributed by atoms with Gasteiger partial charge in [0, 0.05) is 25.3 Å². The van der Waals surface area contributed by atoms with Gasteiger partial charge in [0.15, 0.2) is 0 Å². The number of carbonyl (C=O) groups excluding carboxylic acids is 1. The van der Waals surface area contributed by atoms with Crippen molar-refractivity contribution in [3.05, 3.63) is 24.3 Å². The molecule has 0 aliphatic rings. The number of nitrogens with two attached hydrogens (primary N) is 2. The summed E-state index contributed by atoms with van der Waals surface area (Å²) in [7, 11) is 3.56. The molecular formula is C13H21N3O2. The van der Waals surface area contributed by atoms with Crippen molar-refractivity contribution in [2.75, 3.05) is 25.6 Å². The molecule has 1 rings (SSSR count). The number of primary amides is 1.